The molecule has 0 heterocycles. The molecule has 0 aliphatic rings. The summed E-state index contributed by atoms with van der Waals surface area (Å²) in [6.45, 7) is 3.89. The maximum absolute atomic E-state index is 13.5. The van der Waals surface area contributed by atoms with E-state index in [4.69, 9.17) is 0 Å². The van der Waals surface area contributed by atoms with Gasteiger partial charge in [-0.1, -0.05) is 19.8 Å². The first-order valence-corrected chi connectivity index (χ1v) is 5.85. The molecule has 0 amide bonds. The van der Waals surface area contributed by atoms with Crippen molar-refractivity contribution in [1.82, 2.24) is 0 Å². The van der Waals surface area contributed by atoms with Crippen molar-refractivity contribution in [2.75, 3.05) is 5.32 Å². The molecule has 0 bridgehead atoms. The number of benzene rings is 1. The van der Waals surface area contributed by atoms with E-state index >= 15 is 0 Å². The molecule has 0 saturated carbocycles. The summed E-state index contributed by atoms with van der Waals surface area (Å²) in [7, 11) is 0. The fourth-order valence-corrected chi connectivity index (χ4v) is 1.64. The molecular formula is C12H16F2N2O2. The first-order chi connectivity index (χ1) is 8.45. The minimum absolute atomic E-state index is 0.0236. The zero-order chi connectivity index (χ0) is 13.7. The maximum atomic E-state index is 13.5. The monoisotopic (exact) mass is 258 g/mol. The summed E-state index contributed by atoms with van der Waals surface area (Å²) in [6, 6.07) is 1.41. The molecule has 1 rings (SSSR count). The summed E-state index contributed by atoms with van der Waals surface area (Å²) in [5.41, 5.74) is -0.756. The van der Waals surface area contributed by atoms with Gasteiger partial charge in [0.15, 0.2) is 0 Å². The highest BCUT2D eigenvalue weighted by atomic mass is 19.1. The highest BCUT2D eigenvalue weighted by molar-refractivity contribution is 5.53. The van der Waals surface area contributed by atoms with Gasteiger partial charge in [-0.25, -0.2) is 4.39 Å². The lowest BCUT2D eigenvalue weighted by Gasteiger charge is -2.15. The van der Waals surface area contributed by atoms with Crippen molar-refractivity contribution in [2.45, 2.75) is 39.2 Å². The van der Waals surface area contributed by atoms with Crippen LogP contribution in [0.1, 0.15) is 33.1 Å². The van der Waals surface area contributed by atoms with E-state index in [-0.39, 0.29) is 11.7 Å². The number of nitrogens with zero attached hydrogens (tertiary/aromatic N) is 1. The van der Waals surface area contributed by atoms with Crippen LogP contribution in [0.2, 0.25) is 0 Å². The Bertz CT molecular complexity index is 438. The summed E-state index contributed by atoms with van der Waals surface area (Å²) in [5.74, 6) is -1.98. The van der Waals surface area contributed by atoms with Gasteiger partial charge < -0.3 is 5.32 Å². The zero-order valence-electron chi connectivity index (χ0n) is 10.4. The summed E-state index contributed by atoms with van der Waals surface area (Å²) in [5, 5.41) is 13.4. The van der Waals surface area contributed by atoms with Crippen LogP contribution in [0.5, 0.6) is 0 Å². The molecule has 0 saturated heterocycles. The van der Waals surface area contributed by atoms with E-state index in [0.717, 1.165) is 25.3 Å². The average Bonchev–Trinajstić information content (AvgIpc) is 2.29. The van der Waals surface area contributed by atoms with Crippen LogP contribution in [-0.4, -0.2) is 11.0 Å². The van der Waals surface area contributed by atoms with Crippen molar-refractivity contribution in [1.29, 1.82) is 0 Å². The van der Waals surface area contributed by atoms with Crippen LogP contribution in [0.15, 0.2) is 12.1 Å². The molecule has 1 atom stereocenters. The summed E-state index contributed by atoms with van der Waals surface area (Å²) < 4.78 is 26.6. The first-order valence-electron chi connectivity index (χ1n) is 5.85. The number of nitro benzene ring substituents is 1. The van der Waals surface area contributed by atoms with Gasteiger partial charge >= 0.3 is 5.69 Å². The molecule has 6 heteroatoms. The van der Waals surface area contributed by atoms with Gasteiger partial charge in [-0.05, 0) is 13.3 Å². The molecule has 1 unspecified atom stereocenters. The molecular weight excluding hydrogens is 242 g/mol. The quantitative estimate of drug-likeness (QED) is 0.622. The van der Waals surface area contributed by atoms with Crippen LogP contribution in [-0.2, 0) is 0 Å². The molecule has 0 aromatic heterocycles. The van der Waals surface area contributed by atoms with Gasteiger partial charge in [0, 0.05) is 18.2 Å². The third kappa shape index (κ3) is 3.65. The van der Waals surface area contributed by atoms with Crippen molar-refractivity contribution in [2.24, 2.45) is 0 Å². The molecule has 18 heavy (non-hydrogen) atoms. The molecule has 1 aromatic rings. The lowest BCUT2D eigenvalue weighted by Crippen LogP contribution is -2.16. The molecule has 4 nitrogen and oxygen atoms in total. The smallest absolute Gasteiger partial charge is 0.307 e. The van der Waals surface area contributed by atoms with Crippen LogP contribution in [0, 0.1) is 21.7 Å². The Morgan fingerprint density at radius 2 is 2.06 bits per heavy atom. The van der Waals surface area contributed by atoms with Crippen molar-refractivity contribution in [3.63, 3.8) is 0 Å². The minimum atomic E-state index is -1.16. The predicted octanol–water partition coefficient (Wildman–Crippen LogP) is 3.86. The van der Waals surface area contributed by atoms with Crippen molar-refractivity contribution < 1.29 is 13.7 Å². The number of rotatable bonds is 6. The summed E-state index contributed by atoms with van der Waals surface area (Å²) in [4.78, 5) is 9.69. The van der Waals surface area contributed by atoms with Gasteiger partial charge in [0.1, 0.15) is 5.82 Å². The number of halogens is 2. The Morgan fingerprint density at radius 1 is 1.39 bits per heavy atom. The first kappa shape index (κ1) is 14.3. The summed E-state index contributed by atoms with van der Waals surface area (Å²) >= 11 is 0. The Kier molecular flexibility index (Phi) is 5.00. The lowest BCUT2D eigenvalue weighted by molar-refractivity contribution is -0.387. The average molecular weight is 258 g/mol. The Hall–Kier alpha value is -1.72. The Balaban J connectivity index is 2.88. The number of hydrogen-bond acceptors (Lipinski definition) is 3. The Labute approximate surface area is 104 Å². The van der Waals surface area contributed by atoms with Crippen LogP contribution in [0.25, 0.3) is 0 Å². The fraction of sp³-hybridized carbons (Fsp3) is 0.500. The van der Waals surface area contributed by atoms with Gasteiger partial charge in [0.25, 0.3) is 0 Å². The van der Waals surface area contributed by atoms with Crippen molar-refractivity contribution >= 4 is 11.4 Å². The van der Waals surface area contributed by atoms with Crippen LogP contribution in [0.4, 0.5) is 20.2 Å². The third-order valence-corrected chi connectivity index (χ3v) is 2.63. The highest BCUT2D eigenvalue weighted by Crippen LogP contribution is 2.26. The van der Waals surface area contributed by atoms with Gasteiger partial charge in [0.05, 0.1) is 10.6 Å². The van der Waals surface area contributed by atoms with Gasteiger partial charge in [-0.15, -0.1) is 0 Å². The van der Waals surface area contributed by atoms with Gasteiger partial charge in [-0.2, -0.15) is 4.39 Å². The topological polar surface area (TPSA) is 55.2 Å². The second-order valence-corrected chi connectivity index (χ2v) is 4.23. The van der Waals surface area contributed by atoms with Crippen molar-refractivity contribution in [3.05, 3.63) is 33.9 Å². The number of nitrogens with one attached hydrogen (secondary N) is 1. The SMILES string of the molecule is CCCCC(C)Nc1cc([N+](=O)[O-])c(F)cc1F. The van der Waals surface area contributed by atoms with Gasteiger partial charge in [0.2, 0.25) is 5.82 Å². The standard InChI is InChI=1S/C12H16F2N2O2/c1-3-4-5-8(2)15-11-7-12(16(17)18)10(14)6-9(11)13/h6-8,15H,3-5H2,1-2H3. The molecule has 100 valence electrons. The van der Waals surface area contributed by atoms with E-state index < -0.39 is 22.2 Å². The second kappa shape index (κ2) is 6.28. The number of anilines is 1. The lowest BCUT2D eigenvalue weighted by atomic mass is 10.1. The normalized spacial score (nSPS) is 12.2. The third-order valence-electron chi connectivity index (χ3n) is 2.63. The zero-order valence-corrected chi connectivity index (χ0v) is 10.4. The van der Waals surface area contributed by atoms with Crippen LogP contribution in [0.3, 0.4) is 0 Å². The molecule has 0 fully saturated rings. The van der Waals surface area contributed by atoms with E-state index in [1.54, 1.807) is 0 Å². The molecule has 1 N–H and O–H groups in total. The fourth-order valence-electron chi connectivity index (χ4n) is 1.64. The molecule has 0 aliphatic carbocycles. The number of unbranched alkanes of at least 4 members (excludes halogenated alkanes) is 1. The highest BCUT2D eigenvalue weighted by Gasteiger charge is 2.19. The van der Waals surface area contributed by atoms with Crippen LogP contribution < -0.4 is 5.32 Å². The number of nitro groups is 1. The number of hydrogen-bond donors (Lipinski definition) is 1. The maximum Gasteiger partial charge on any atom is 0.307 e. The molecule has 0 spiro atoms. The largest absolute Gasteiger partial charge is 0.380 e. The van der Waals surface area contributed by atoms with E-state index in [9.17, 15) is 18.9 Å². The molecule has 0 radical (unpaired) electrons. The van der Waals surface area contributed by atoms with E-state index in [1.165, 1.54) is 0 Å². The van der Waals surface area contributed by atoms with Crippen LogP contribution >= 0.6 is 0 Å². The minimum Gasteiger partial charge on any atom is -0.380 e. The molecule has 1 aromatic carbocycles. The molecule has 0 aliphatic heterocycles. The van der Waals surface area contributed by atoms with Crippen molar-refractivity contribution in [3.8, 4) is 0 Å². The van der Waals surface area contributed by atoms with E-state index in [1.807, 2.05) is 13.8 Å². The Morgan fingerprint density at radius 3 is 2.61 bits per heavy atom. The predicted molar refractivity (Wildman–Crippen MR) is 65.6 cm³/mol. The van der Waals surface area contributed by atoms with Gasteiger partial charge in [-0.3, -0.25) is 10.1 Å². The second-order valence-electron chi connectivity index (χ2n) is 4.23. The van der Waals surface area contributed by atoms with E-state index in [0.29, 0.717) is 6.07 Å². The van der Waals surface area contributed by atoms with E-state index in [2.05, 4.69) is 5.32 Å². The summed E-state index contributed by atoms with van der Waals surface area (Å²) in [6.07, 6.45) is 2.80.